The number of carbonyl (C=O) groups excluding carboxylic acids is 1. The van der Waals surface area contributed by atoms with E-state index in [0.29, 0.717) is 6.10 Å². The summed E-state index contributed by atoms with van der Waals surface area (Å²) in [6.45, 7) is 5.32. The maximum absolute atomic E-state index is 10.9. The SMILES string of the molecule is CCC1CCC(Oc2ccc3cc(CN4CCC(C=O)CC4)ccc3c2)CC1. The van der Waals surface area contributed by atoms with Crippen molar-refractivity contribution in [3.63, 3.8) is 0 Å². The minimum atomic E-state index is 0.267. The lowest BCUT2D eigenvalue weighted by atomic mass is 9.86. The largest absolute Gasteiger partial charge is 0.490 e. The molecule has 0 aromatic heterocycles. The molecule has 0 unspecified atom stereocenters. The van der Waals surface area contributed by atoms with E-state index in [9.17, 15) is 4.79 Å². The molecule has 0 amide bonds. The van der Waals surface area contributed by atoms with Crippen LogP contribution in [-0.4, -0.2) is 30.4 Å². The third kappa shape index (κ3) is 4.75. The molecule has 1 heterocycles. The quantitative estimate of drug-likeness (QED) is 0.612. The Balaban J connectivity index is 1.37. The Hall–Kier alpha value is -1.87. The Morgan fingerprint density at radius 2 is 1.68 bits per heavy atom. The van der Waals surface area contributed by atoms with Crippen LogP contribution in [0, 0.1) is 11.8 Å². The molecule has 0 spiro atoms. The van der Waals surface area contributed by atoms with E-state index in [-0.39, 0.29) is 5.92 Å². The van der Waals surface area contributed by atoms with Gasteiger partial charge in [-0.25, -0.2) is 0 Å². The molecule has 2 fully saturated rings. The van der Waals surface area contributed by atoms with Crippen LogP contribution in [0.1, 0.15) is 57.4 Å². The van der Waals surface area contributed by atoms with Gasteiger partial charge in [-0.3, -0.25) is 4.90 Å². The number of hydrogen-bond donors (Lipinski definition) is 0. The van der Waals surface area contributed by atoms with Gasteiger partial charge in [0.15, 0.2) is 0 Å². The second kappa shape index (κ2) is 9.09. The van der Waals surface area contributed by atoms with E-state index >= 15 is 0 Å². The standard InChI is InChI=1S/C25H33NO2/c1-2-19-4-8-24(9-5-19)28-25-10-7-22-15-21(3-6-23(22)16-25)17-26-13-11-20(18-27)12-14-26/h3,6-7,10,15-16,18-20,24H,2,4-5,8-9,11-14,17H2,1H3. The number of rotatable bonds is 6. The van der Waals surface area contributed by atoms with Gasteiger partial charge in [0, 0.05) is 12.5 Å². The predicted octanol–water partition coefficient (Wildman–Crippen LogP) is 5.60. The summed E-state index contributed by atoms with van der Waals surface area (Å²) >= 11 is 0. The highest BCUT2D eigenvalue weighted by molar-refractivity contribution is 5.84. The van der Waals surface area contributed by atoms with Crippen molar-refractivity contribution in [3.05, 3.63) is 42.0 Å². The normalized spacial score (nSPS) is 24.3. The summed E-state index contributed by atoms with van der Waals surface area (Å²) in [5, 5.41) is 2.53. The number of likely N-dealkylation sites (tertiary alicyclic amines) is 1. The number of benzene rings is 2. The average Bonchev–Trinajstić information content (AvgIpc) is 2.75. The summed E-state index contributed by atoms with van der Waals surface area (Å²) in [6, 6.07) is 13.3. The molecule has 0 N–H and O–H groups in total. The molecule has 1 saturated heterocycles. The van der Waals surface area contributed by atoms with Gasteiger partial charge in [0.25, 0.3) is 0 Å². The predicted molar refractivity (Wildman–Crippen MR) is 115 cm³/mol. The summed E-state index contributed by atoms with van der Waals surface area (Å²) in [6.07, 6.45) is 9.81. The first kappa shape index (κ1) is 19.4. The number of aldehydes is 1. The number of fused-ring (bicyclic) bond motifs is 1. The molecule has 1 aliphatic heterocycles. The van der Waals surface area contributed by atoms with Gasteiger partial charge in [-0.2, -0.15) is 0 Å². The summed E-state index contributed by atoms with van der Waals surface area (Å²) in [4.78, 5) is 13.4. The zero-order valence-electron chi connectivity index (χ0n) is 17.1. The number of ether oxygens (including phenoxy) is 1. The Bertz CT molecular complexity index is 786. The van der Waals surface area contributed by atoms with Gasteiger partial charge in [-0.05, 0) is 92.1 Å². The van der Waals surface area contributed by atoms with Crippen molar-refractivity contribution in [2.75, 3.05) is 13.1 Å². The smallest absolute Gasteiger partial charge is 0.123 e. The first-order chi connectivity index (χ1) is 13.7. The van der Waals surface area contributed by atoms with Crippen LogP contribution in [0.25, 0.3) is 10.8 Å². The number of carbonyl (C=O) groups is 1. The van der Waals surface area contributed by atoms with Crippen molar-refractivity contribution in [2.45, 2.75) is 64.5 Å². The number of piperidine rings is 1. The molecule has 0 atom stereocenters. The summed E-state index contributed by atoms with van der Waals surface area (Å²) in [7, 11) is 0. The lowest BCUT2D eigenvalue weighted by Gasteiger charge is -2.29. The van der Waals surface area contributed by atoms with E-state index in [0.717, 1.165) is 50.4 Å². The topological polar surface area (TPSA) is 29.5 Å². The Morgan fingerprint density at radius 3 is 2.39 bits per heavy atom. The third-order valence-corrected chi connectivity index (χ3v) is 6.78. The van der Waals surface area contributed by atoms with Crippen LogP contribution in [-0.2, 0) is 11.3 Å². The molecular formula is C25H33NO2. The zero-order valence-corrected chi connectivity index (χ0v) is 17.1. The van der Waals surface area contributed by atoms with Gasteiger partial charge in [-0.1, -0.05) is 31.5 Å². The fourth-order valence-electron chi connectivity index (χ4n) is 4.80. The van der Waals surface area contributed by atoms with Crippen LogP contribution < -0.4 is 4.74 Å². The maximum atomic E-state index is 10.9. The Labute approximate surface area is 169 Å². The minimum Gasteiger partial charge on any atom is -0.490 e. The van der Waals surface area contributed by atoms with Crippen molar-refractivity contribution >= 4 is 17.1 Å². The van der Waals surface area contributed by atoms with Crippen LogP contribution >= 0.6 is 0 Å². The lowest BCUT2D eigenvalue weighted by Crippen LogP contribution is -2.33. The lowest BCUT2D eigenvalue weighted by molar-refractivity contribution is -0.112. The van der Waals surface area contributed by atoms with E-state index in [1.807, 2.05) is 0 Å². The monoisotopic (exact) mass is 379 g/mol. The minimum absolute atomic E-state index is 0.267. The highest BCUT2D eigenvalue weighted by atomic mass is 16.5. The molecule has 3 nitrogen and oxygen atoms in total. The van der Waals surface area contributed by atoms with E-state index in [2.05, 4.69) is 48.2 Å². The van der Waals surface area contributed by atoms with E-state index in [1.54, 1.807) is 0 Å². The highest BCUT2D eigenvalue weighted by Gasteiger charge is 2.21. The van der Waals surface area contributed by atoms with Crippen LogP contribution in [0.15, 0.2) is 36.4 Å². The fourth-order valence-corrected chi connectivity index (χ4v) is 4.80. The van der Waals surface area contributed by atoms with Crippen molar-refractivity contribution in [1.82, 2.24) is 4.90 Å². The second-order valence-electron chi connectivity index (χ2n) is 8.76. The van der Waals surface area contributed by atoms with Gasteiger partial charge in [0.2, 0.25) is 0 Å². The van der Waals surface area contributed by atoms with Gasteiger partial charge < -0.3 is 9.53 Å². The highest BCUT2D eigenvalue weighted by Crippen LogP contribution is 2.31. The summed E-state index contributed by atoms with van der Waals surface area (Å²) in [5.41, 5.74) is 1.35. The molecule has 28 heavy (non-hydrogen) atoms. The Kier molecular flexibility index (Phi) is 6.31. The molecule has 0 radical (unpaired) electrons. The van der Waals surface area contributed by atoms with Gasteiger partial charge in [0.1, 0.15) is 12.0 Å². The number of nitrogens with zero attached hydrogens (tertiary/aromatic N) is 1. The molecule has 4 rings (SSSR count). The summed E-state index contributed by atoms with van der Waals surface area (Å²) in [5.74, 6) is 2.18. The first-order valence-corrected chi connectivity index (χ1v) is 11.1. The first-order valence-electron chi connectivity index (χ1n) is 11.1. The van der Waals surface area contributed by atoms with Crippen molar-refractivity contribution in [2.24, 2.45) is 11.8 Å². The second-order valence-corrected chi connectivity index (χ2v) is 8.76. The van der Waals surface area contributed by atoms with Crippen LogP contribution in [0.3, 0.4) is 0 Å². The molecular weight excluding hydrogens is 346 g/mol. The van der Waals surface area contributed by atoms with Crippen LogP contribution in [0.2, 0.25) is 0 Å². The van der Waals surface area contributed by atoms with Crippen molar-refractivity contribution in [3.8, 4) is 5.75 Å². The summed E-state index contributed by atoms with van der Waals surface area (Å²) < 4.78 is 6.29. The molecule has 2 aromatic carbocycles. The average molecular weight is 380 g/mol. The molecule has 1 saturated carbocycles. The van der Waals surface area contributed by atoms with Gasteiger partial charge >= 0.3 is 0 Å². The maximum Gasteiger partial charge on any atom is 0.123 e. The van der Waals surface area contributed by atoms with Crippen molar-refractivity contribution < 1.29 is 9.53 Å². The third-order valence-electron chi connectivity index (χ3n) is 6.78. The molecule has 150 valence electrons. The fraction of sp³-hybridized carbons (Fsp3) is 0.560. The van der Waals surface area contributed by atoms with Gasteiger partial charge in [-0.15, -0.1) is 0 Å². The Morgan fingerprint density at radius 1 is 0.964 bits per heavy atom. The molecule has 2 aromatic rings. The van der Waals surface area contributed by atoms with Crippen LogP contribution in [0.4, 0.5) is 0 Å². The molecule has 1 aliphatic carbocycles. The molecule has 2 aliphatic rings. The molecule has 0 bridgehead atoms. The molecule has 3 heteroatoms. The van der Waals surface area contributed by atoms with E-state index in [4.69, 9.17) is 4.74 Å². The van der Waals surface area contributed by atoms with Crippen molar-refractivity contribution in [1.29, 1.82) is 0 Å². The van der Waals surface area contributed by atoms with Crippen LogP contribution in [0.5, 0.6) is 5.75 Å². The zero-order chi connectivity index (χ0) is 19.3. The van der Waals surface area contributed by atoms with E-state index in [1.165, 1.54) is 48.4 Å². The van der Waals surface area contributed by atoms with E-state index < -0.39 is 0 Å². The number of hydrogen-bond acceptors (Lipinski definition) is 3. The van der Waals surface area contributed by atoms with Gasteiger partial charge in [0.05, 0.1) is 6.10 Å².